The van der Waals surface area contributed by atoms with Gasteiger partial charge in [0.25, 0.3) is 0 Å². The van der Waals surface area contributed by atoms with Gasteiger partial charge >= 0.3 is 0 Å². The lowest BCUT2D eigenvalue weighted by molar-refractivity contribution is 0.122. The highest BCUT2D eigenvalue weighted by atomic mass is 16.5. The second kappa shape index (κ2) is 7.85. The molecule has 132 valence electrons. The van der Waals surface area contributed by atoms with E-state index in [2.05, 4.69) is 56.5 Å². The van der Waals surface area contributed by atoms with Crippen LogP contribution in [0.5, 0.6) is 0 Å². The SMILES string of the molecule is c1ccc(N2CC[C@@H](NCc3ccccc3N3CCOCC3)C2)nc1. The Morgan fingerprint density at radius 3 is 2.68 bits per heavy atom. The monoisotopic (exact) mass is 338 g/mol. The van der Waals surface area contributed by atoms with E-state index in [0.29, 0.717) is 6.04 Å². The number of aromatic nitrogens is 1. The smallest absolute Gasteiger partial charge is 0.128 e. The molecule has 1 aromatic heterocycles. The van der Waals surface area contributed by atoms with Gasteiger partial charge in [-0.1, -0.05) is 24.3 Å². The molecule has 0 amide bonds. The Kier molecular flexibility index (Phi) is 5.14. The average molecular weight is 338 g/mol. The summed E-state index contributed by atoms with van der Waals surface area (Å²) < 4.78 is 5.49. The van der Waals surface area contributed by atoms with Gasteiger partial charge in [0.15, 0.2) is 0 Å². The Balaban J connectivity index is 1.36. The lowest BCUT2D eigenvalue weighted by Gasteiger charge is -2.31. The molecule has 1 atom stereocenters. The molecule has 0 unspecified atom stereocenters. The third kappa shape index (κ3) is 3.94. The third-order valence-electron chi connectivity index (χ3n) is 5.09. The molecule has 5 nitrogen and oxygen atoms in total. The molecular formula is C20H26N4O. The van der Waals surface area contributed by atoms with Crippen molar-refractivity contribution in [1.29, 1.82) is 0 Å². The van der Waals surface area contributed by atoms with E-state index >= 15 is 0 Å². The van der Waals surface area contributed by atoms with Crippen LogP contribution in [0, 0.1) is 0 Å². The van der Waals surface area contributed by atoms with Gasteiger partial charge in [-0.15, -0.1) is 0 Å². The number of anilines is 2. The van der Waals surface area contributed by atoms with Crippen molar-refractivity contribution >= 4 is 11.5 Å². The fourth-order valence-electron chi connectivity index (χ4n) is 3.70. The Morgan fingerprint density at radius 2 is 1.84 bits per heavy atom. The number of rotatable bonds is 5. The van der Waals surface area contributed by atoms with Gasteiger partial charge in [-0.05, 0) is 30.2 Å². The second-order valence-corrected chi connectivity index (χ2v) is 6.73. The first-order valence-electron chi connectivity index (χ1n) is 9.20. The van der Waals surface area contributed by atoms with Gasteiger partial charge < -0.3 is 19.9 Å². The minimum atomic E-state index is 0.514. The van der Waals surface area contributed by atoms with Crippen molar-refractivity contribution in [2.45, 2.75) is 19.0 Å². The standard InChI is InChI=1S/C20H26N4O/c1-2-6-19(23-11-13-25-14-12-23)17(5-1)15-22-18-8-10-24(16-18)20-7-3-4-9-21-20/h1-7,9,18,22H,8,10-16H2/t18-/m1/s1. The topological polar surface area (TPSA) is 40.6 Å². The summed E-state index contributed by atoms with van der Waals surface area (Å²) in [5, 5.41) is 3.75. The molecule has 2 aromatic rings. The largest absolute Gasteiger partial charge is 0.378 e. The van der Waals surface area contributed by atoms with E-state index in [-0.39, 0.29) is 0 Å². The van der Waals surface area contributed by atoms with Crippen LogP contribution in [0.15, 0.2) is 48.7 Å². The van der Waals surface area contributed by atoms with E-state index in [9.17, 15) is 0 Å². The number of pyridine rings is 1. The van der Waals surface area contributed by atoms with E-state index < -0.39 is 0 Å². The number of nitrogens with one attached hydrogen (secondary N) is 1. The Labute approximate surface area is 149 Å². The number of para-hydroxylation sites is 1. The molecule has 2 aliphatic heterocycles. The molecule has 2 fully saturated rings. The Morgan fingerprint density at radius 1 is 1.00 bits per heavy atom. The van der Waals surface area contributed by atoms with Crippen LogP contribution in [-0.4, -0.2) is 50.4 Å². The molecule has 1 aromatic carbocycles. The van der Waals surface area contributed by atoms with Gasteiger partial charge in [0.2, 0.25) is 0 Å². The average Bonchev–Trinajstić information content (AvgIpc) is 3.17. The quantitative estimate of drug-likeness (QED) is 0.906. The summed E-state index contributed by atoms with van der Waals surface area (Å²) in [6, 6.07) is 15.4. The molecule has 2 saturated heterocycles. The lowest BCUT2D eigenvalue weighted by Crippen LogP contribution is -2.37. The molecule has 25 heavy (non-hydrogen) atoms. The number of benzene rings is 1. The van der Waals surface area contributed by atoms with Crippen LogP contribution in [0.25, 0.3) is 0 Å². The van der Waals surface area contributed by atoms with E-state index in [1.807, 2.05) is 12.3 Å². The minimum absolute atomic E-state index is 0.514. The zero-order valence-electron chi connectivity index (χ0n) is 14.6. The molecule has 3 heterocycles. The molecule has 4 rings (SSSR count). The summed E-state index contributed by atoms with van der Waals surface area (Å²) in [6.45, 7) is 6.61. The number of morpholine rings is 1. The zero-order valence-corrected chi connectivity index (χ0v) is 14.6. The summed E-state index contributed by atoms with van der Waals surface area (Å²) in [5.74, 6) is 1.08. The van der Waals surface area contributed by atoms with Crippen LogP contribution in [0.3, 0.4) is 0 Å². The first kappa shape index (κ1) is 16.4. The summed E-state index contributed by atoms with van der Waals surface area (Å²) in [6.07, 6.45) is 3.03. The van der Waals surface area contributed by atoms with Crippen LogP contribution >= 0.6 is 0 Å². The van der Waals surface area contributed by atoms with Crippen LogP contribution in [0.4, 0.5) is 11.5 Å². The van der Waals surface area contributed by atoms with Gasteiger partial charge in [0, 0.05) is 50.6 Å². The van der Waals surface area contributed by atoms with Crippen molar-refractivity contribution in [2.75, 3.05) is 49.2 Å². The van der Waals surface area contributed by atoms with E-state index in [1.165, 1.54) is 11.3 Å². The van der Waals surface area contributed by atoms with Crippen LogP contribution in [0.2, 0.25) is 0 Å². The molecule has 0 bridgehead atoms. The van der Waals surface area contributed by atoms with Crippen molar-refractivity contribution in [2.24, 2.45) is 0 Å². The molecule has 2 aliphatic rings. The number of nitrogens with zero attached hydrogens (tertiary/aromatic N) is 3. The van der Waals surface area contributed by atoms with Crippen molar-refractivity contribution in [1.82, 2.24) is 10.3 Å². The summed E-state index contributed by atoms with van der Waals surface area (Å²) >= 11 is 0. The number of hydrogen-bond donors (Lipinski definition) is 1. The molecule has 0 radical (unpaired) electrons. The normalized spacial score (nSPS) is 20.9. The first-order valence-corrected chi connectivity index (χ1v) is 9.20. The number of hydrogen-bond acceptors (Lipinski definition) is 5. The summed E-state index contributed by atoms with van der Waals surface area (Å²) in [7, 11) is 0. The predicted molar refractivity (Wildman–Crippen MR) is 101 cm³/mol. The maximum absolute atomic E-state index is 5.49. The molecule has 0 saturated carbocycles. The maximum Gasteiger partial charge on any atom is 0.128 e. The second-order valence-electron chi connectivity index (χ2n) is 6.73. The number of ether oxygens (including phenoxy) is 1. The third-order valence-corrected chi connectivity index (χ3v) is 5.09. The van der Waals surface area contributed by atoms with Crippen molar-refractivity contribution < 1.29 is 4.74 Å². The van der Waals surface area contributed by atoms with E-state index in [1.54, 1.807) is 0 Å². The van der Waals surface area contributed by atoms with Gasteiger partial charge in [0.05, 0.1) is 13.2 Å². The zero-order chi connectivity index (χ0) is 16.9. The van der Waals surface area contributed by atoms with Crippen LogP contribution in [-0.2, 0) is 11.3 Å². The predicted octanol–water partition coefficient (Wildman–Crippen LogP) is 2.29. The molecule has 5 heteroatoms. The fourth-order valence-corrected chi connectivity index (χ4v) is 3.70. The lowest BCUT2D eigenvalue weighted by atomic mass is 10.1. The highest BCUT2D eigenvalue weighted by molar-refractivity contribution is 5.54. The van der Waals surface area contributed by atoms with Gasteiger partial charge in [0.1, 0.15) is 5.82 Å². The molecule has 0 aliphatic carbocycles. The highest BCUT2D eigenvalue weighted by Gasteiger charge is 2.23. The van der Waals surface area contributed by atoms with E-state index in [0.717, 1.165) is 58.2 Å². The van der Waals surface area contributed by atoms with Crippen molar-refractivity contribution in [3.63, 3.8) is 0 Å². The highest BCUT2D eigenvalue weighted by Crippen LogP contribution is 2.22. The van der Waals surface area contributed by atoms with Crippen LogP contribution in [0.1, 0.15) is 12.0 Å². The van der Waals surface area contributed by atoms with Crippen LogP contribution < -0.4 is 15.1 Å². The molecular weight excluding hydrogens is 312 g/mol. The van der Waals surface area contributed by atoms with E-state index in [4.69, 9.17) is 4.74 Å². The maximum atomic E-state index is 5.49. The summed E-state index contributed by atoms with van der Waals surface area (Å²) in [4.78, 5) is 9.27. The minimum Gasteiger partial charge on any atom is -0.378 e. The van der Waals surface area contributed by atoms with Crippen molar-refractivity contribution in [3.05, 3.63) is 54.2 Å². The molecule has 0 spiro atoms. The first-order chi connectivity index (χ1) is 12.4. The van der Waals surface area contributed by atoms with Gasteiger partial charge in [-0.2, -0.15) is 0 Å². The summed E-state index contributed by atoms with van der Waals surface area (Å²) in [5.41, 5.74) is 2.72. The van der Waals surface area contributed by atoms with Gasteiger partial charge in [-0.3, -0.25) is 0 Å². The molecule has 1 N–H and O–H groups in total. The van der Waals surface area contributed by atoms with Gasteiger partial charge in [-0.25, -0.2) is 4.98 Å². The van der Waals surface area contributed by atoms with Crippen molar-refractivity contribution in [3.8, 4) is 0 Å². The Hall–Kier alpha value is -2.11. The Bertz CT molecular complexity index is 672. The fraction of sp³-hybridized carbons (Fsp3) is 0.450.